The Balaban J connectivity index is 2.16. The molecule has 0 atom stereocenters. The van der Waals surface area contributed by atoms with Crippen LogP contribution in [0.1, 0.15) is 42.5 Å². The predicted molar refractivity (Wildman–Crippen MR) is 72.2 cm³/mol. The van der Waals surface area contributed by atoms with Gasteiger partial charge in [0, 0.05) is 16.8 Å². The number of aryl methyl sites for hydroxylation is 1. The predicted octanol–water partition coefficient (Wildman–Crippen LogP) is 3.59. The first-order chi connectivity index (χ1) is 8.06. The molecular weight excluding hydrogens is 278 g/mol. The van der Waals surface area contributed by atoms with Gasteiger partial charge >= 0.3 is 0 Å². The van der Waals surface area contributed by atoms with E-state index in [0.29, 0.717) is 5.92 Å². The summed E-state index contributed by atoms with van der Waals surface area (Å²) in [6, 6.07) is 6.35. The number of aromatic nitrogens is 3. The first-order valence-corrected chi connectivity index (χ1v) is 6.51. The highest BCUT2D eigenvalue weighted by Gasteiger charge is 2.07. The Bertz CT molecular complexity index is 517. The topological polar surface area (TPSA) is 41.6 Å². The van der Waals surface area contributed by atoms with Crippen molar-refractivity contribution < 1.29 is 0 Å². The first kappa shape index (κ1) is 12.3. The Labute approximate surface area is 110 Å². The zero-order valence-electron chi connectivity index (χ0n) is 10.3. The van der Waals surface area contributed by atoms with E-state index in [9.17, 15) is 0 Å². The summed E-state index contributed by atoms with van der Waals surface area (Å²) >= 11 is 3.50. The smallest absolute Gasteiger partial charge is 0.153 e. The van der Waals surface area contributed by atoms with Gasteiger partial charge in [0.25, 0.3) is 0 Å². The van der Waals surface area contributed by atoms with Crippen LogP contribution in [-0.2, 0) is 6.42 Å². The molecule has 1 heterocycles. The third-order valence-electron chi connectivity index (χ3n) is 2.66. The van der Waals surface area contributed by atoms with E-state index in [0.717, 1.165) is 22.5 Å². The van der Waals surface area contributed by atoms with Gasteiger partial charge in [0.05, 0.1) is 0 Å². The highest BCUT2D eigenvalue weighted by atomic mass is 79.9. The number of nitrogens with one attached hydrogen (secondary N) is 1. The van der Waals surface area contributed by atoms with Crippen molar-refractivity contribution >= 4 is 15.9 Å². The van der Waals surface area contributed by atoms with Gasteiger partial charge in [0.1, 0.15) is 5.82 Å². The van der Waals surface area contributed by atoms with Crippen LogP contribution in [0.4, 0.5) is 0 Å². The number of benzene rings is 1. The lowest BCUT2D eigenvalue weighted by Crippen LogP contribution is -1.93. The van der Waals surface area contributed by atoms with Gasteiger partial charge in [0.2, 0.25) is 0 Å². The van der Waals surface area contributed by atoms with E-state index in [1.807, 2.05) is 0 Å². The van der Waals surface area contributed by atoms with Gasteiger partial charge in [-0.3, -0.25) is 5.10 Å². The van der Waals surface area contributed by atoms with Crippen LogP contribution in [0.3, 0.4) is 0 Å². The minimum absolute atomic E-state index is 0.367. The van der Waals surface area contributed by atoms with Gasteiger partial charge in [-0.15, -0.1) is 0 Å². The molecular formula is C13H16BrN3. The van der Waals surface area contributed by atoms with E-state index < -0.39 is 0 Å². The summed E-state index contributed by atoms with van der Waals surface area (Å²) in [6.07, 6.45) is 0.799. The van der Waals surface area contributed by atoms with Crippen molar-refractivity contribution in [1.82, 2.24) is 15.2 Å². The fraction of sp³-hybridized carbons (Fsp3) is 0.385. The fourth-order valence-electron chi connectivity index (χ4n) is 1.66. The van der Waals surface area contributed by atoms with E-state index in [-0.39, 0.29) is 0 Å². The molecule has 90 valence electrons. The normalized spacial score (nSPS) is 11.1. The molecule has 2 rings (SSSR count). The summed E-state index contributed by atoms with van der Waals surface area (Å²) in [5.74, 6) is 2.18. The SMILES string of the molecule is Cc1cc(Cc2nc(C(C)C)n[nH]2)ccc1Br. The number of H-pyrrole nitrogens is 1. The highest BCUT2D eigenvalue weighted by molar-refractivity contribution is 9.10. The summed E-state index contributed by atoms with van der Waals surface area (Å²) < 4.78 is 1.14. The van der Waals surface area contributed by atoms with E-state index >= 15 is 0 Å². The molecule has 0 fully saturated rings. The average Bonchev–Trinajstić information content (AvgIpc) is 2.72. The molecule has 0 aliphatic rings. The van der Waals surface area contributed by atoms with Gasteiger partial charge in [-0.2, -0.15) is 5.10 Å². The number of halogens is 1. The molecule has 1 aromatic carbocycles. The third-order valence-corrected chi connectivity index (χ3v) is 3.55. The molecule has 1 aromatic heterocycles. The summed E-state index contributed by atoms with van der Waals surface area (Å²) in [4.78, 5) is 4.48. The van der Waals surface area contributed by atoms with Gasteiger partial charge in [-0.1, -0.05) is 41.9 Å². The Morgan fingerprint density at radius 3 is 2.71 bits per heavy atom. The van der Waals surface area contributed by atoms with Crippen LogP contribution in [0.2, 0.25) is 0 Å². The van der Waals surface area contributed by atoms with Crippen LogP contribution in [0.5, 0.6) is 0 Å². The zero-order chi connectivity index (χ0) is 12.4. The quantitative estimate of drug-likeness (QED) is 0.940. The standard InChI is InChI=1S/C13H16BrN3/c1-8(2)13-15-12(16-17-13)7-10-4-5-11(14)9(3)6-10/h4-6,8H,7H2,1-3H3,(H,15,16,17). The molecule has 0 amide bonds. The van der Waals surface area contributed by atoms with Crippen molar-refractivity contribution in [1.29, 1.82) is 0 Å². The zero-order valence-corrected chi connectivity index (χ0v) is 11.9. The monoisotopic (exact) mass is 293 g/mol. The summed E-state index contributed by atoms with van der Waals surface area (Å²) in [5.41, 5.74) is 2.49. The lowest BCUT2D eigenvalue weighted by atomic mass is 10.1. The largest absolute Gasteiger partial charge is 0.263 e. The summed E-state index contributed by atoms with van der Waals surface area (Å²) in [6.45, 7) is 6.28. The van der Waals surface area contributed by atoms with Crippen molar-refractivity contribution in [2.75, 3.05) is 0 Å². The molecule has 4 heteroatoms. The number of hydrogen-bond acceptors (Lipinski definition) is 2. The van der Waals surface area contributed by atoms with Crippen molar-refractivity contribution in [3.63, 3.8) is 0 Å². The van der Waals surface area contributed by atoms with Crippen LogP contribution in [0, 0.1) is 6.92 Å². The molecule has 0 aliphatic heterocycles. The third kappa shape index (κ3) is 2.94. The molecule has 0 bridgehead atoms. The van der Waals surface area contributed by atoms with Gasteiger partial charge < -0.3 is 0 Å². The molecule has 0 saturated heterocycles. The summed E-state index contributed by atoms with van der Waals surface area (Å²) in [7, 11) is 0. The molecule has 0 aliphatic carbocycles. The minimum atomic E-state index is 0.367. The number of aromatic amines is 1. The second kappa shape index (κ2) is 5.00. The van der Waals surface area contributed by atoms with Crippen LogP contribution < -0.4 is 0 Å². The minimum Gasteiger partial charge on any atom is -0.263 e. The van der Waals surface area contributed by atoms with Crippen molar-refractivity contribution in [2.24, 2.45) is 0 Å². The van der Waals surface area contributed by atoms with Crippen molar-refractivity contribution in [2.45, 2.75) is 33.1 Å². The van der Waals surface area contributed by atoms with E-state index in [2.05, 4.69) is 70.1 Å². The number of rotatable bonds is 3. The van der Waals surface area contributed by atoms with Gasteiger partial charge in [0.15, 0.2) is 5.82 Å². The lowest BCUT2D eigenvalue weighted by Gasteiger charge is -2.02. The van der Waals surface area contributed by atoms with Crippen molar-refractivity contribution in [3.05, 3.63) is 45.4 Å². The fourth-order valence-corrected chi connectivity index (χ4v) is 1.90. The van der Waals surface area contributed by atoms with E-state index in [1.54, 1.807) is 0 Å². The second-order valence-electron chi connectivity index (χ2n) is 4.56. The molecule has 1 N–H and O–H groups in total. The molecule has 2 aromatic rings. The van der Waals surface area contributed by atoms with Crippen molar-refractivity contribution in [3.8, 4) is 0 Å². The molecule has 0 unspecified atom stereocenters. The van der Waals surface area contributed by atoms with E-state index in [4.69, 9.17) is 0 Å². The molecule has 0 spiro atoms. The van der Waals surface area contributed by atoms with Crippen LogP contribution in [-0.4, -0.2) is 15.2 Å². The second-order valence-corrected chi connectivity index (χ2v) is 5.41. The lowest BCUT2D eigenvalue weighted by molar-refractivity contribution is 0.780. The maximum atomic E-state index is 4.48. The first-order valence-electron chi connectivity index (χ1n) is 5.72. The molecule has 3 nitrogen and oxygen atoms in total. The Kier molecular flexibility index (Phi) is 3.62. The molecule has 17 heavy (non-hydrogen) atoms. The van der Waals surface area contributed by atoms with Crippen LogP contribution >= 0.6 is 15.9 Å². The number of hydrogen-bond donors (Lipinski definition) is 1. The highest BCUT2D eigenvalue weighted by Crippen LogP contribution is 2.18. The Morgan fingerprint density at radius 2 is 2.12 bits per heavy atom. The molecule has 0 radical (unpaired) electrons. The van der Waals surface area contributed by atoms with Gasteiger partial charge in [-0.05, 0) is 24.1 Å². The maximum Gasteiger partial charge on any atom is 0.153 e. The van der Waals surface area contributed by atoms with Crippen LogP contribution in [0.25, 0.3) is 0 Å². The van der Waals surface area contributed by atoms with Crippen LogP contribution in [0.15, 0.2) is 22.7 Å². The Morgan fingerprint density at radius 1 is 1.35 bits per heavy atom. The maximum absolute atomic E-state index is 4.48. The summed E-state index contributed by atoms with van der Waals surface area (Å²) in [5, 5.41) is 7.20. The van der Waals surface area contributed by atoms with Gasteiger partial charge in [-0.25, -0.2) is 4.98 Å². The molecule has 0 saturated carbocycles. The number of nitrogens with zero attached hydrogens (tertiary/aromatic N) is 2. The average molecular weight is 294 g/mol. The van der Waals surface area contributed by atoms with E-state index in [1.165, 1.54) is 11.1 Å². The Hall–Kier alpha value is -1.16.